The van der Waals surface area contributed by atoms with E-state index in [1.165, 1.54) is 0 Å². The molecule has 0 amide bonds. The third-order valence-electron chi connectivity index (χ3n) is 1.88. The van der Waals surface area contributed by atoms with E-state index in [-0.39, 0.29) is 6.04 Å². The standard InChI is InChI=1S/C6H12ClNO3S2/c7-5-13(10,11)8-6-1-3-12(9)4-2-6/h6,8H,1-5H2. The van der Waals surface area contributed by atoms with Crippen molar-refractivity contribution in [3.63, 3.8) is 0 Å². The van der Waals surface area contributed by atoms with Crippen LogP contribution in [0.5, 0.6) is 0 Å². The summed E-state index contributed by atoms with van der Waals surface area (Å²) in [6, 6.07) is -0.0820. The van der Waals surface area contributed by atoms with Crippen LogP contribution in [-0.4, -0.2) is 35.4 Å². The quantitative estimate of drug-likeness (QED) is 0.713. The summed E-state index contributed by atoms with van der Waals surface area (Å²) in [7, 11) is -4.08. The molecule has 0 radical (unpaired) electrons. The van der Waals surface area contributed by atoms with Gasteiger partial charge in [0.25, 0.3) is 0 Å². The van der Waals surface area contributed by atoms with Gasteiger partial charge in [0.2, 0.25) is 10.0 Å². The van der Waals surface area contributed by atoms with E-state index in [4.69, 9.17) is 11.6 Å². The summed E-state index contributed by atoms with van der Waals surface area (Å²) in [4.78, 5) is 0. The summed E-state index contributed by atoms with van der Waals surface area (Å²) >= 11 is 5.23. The molecule has 13 heavy (non-hydrogen) atoms. The molecule has 1 rings (SSSR count). The Morgan fingerprint density at radius 3 is 2.38 bits per heavy atom. The second kappa shape index (κ2) is 4.72. The highest BCUT2D eigenvalue weighted by Crippen LogP contribution is 2.10. The van der Waals surface area contributed by atoms with Crippen molar-refractivity contribution in [2.45, 2.75) is 18.9 Å². The zero-order chi connectivity index (χ0) is 9.90. The van der Waals surface area contributed by atoms with Gasteiger partial charge in [0.15, 0.2) is 0 Å². The van der Waals surface area contributed by atoms with Gasteiger partial charge in [0.1, 0.15) is 5.21 Å². The van der Waals surface area contributed by atoms with E-state index in [1.807, 2.05) is 0 Å². The number of alkyl halides is 1. The number of hydrogen-bond acceptors (Lipinski definition) is 3. The molecule has 0 spiro atoms. The van der Waals surface area contributed by atoms with Crippen molar-refractivity contribution in [1.29, 1.82) is 0 Å². The van der Waals surface area contributed by atoms with Gasteiger partial charge < -0.3 is 0 Å². The Bertz CT molecular complexity index is 280. The molecule has 78 valence electrons. The van der Waals surface area contributed by atoms with Crippen molar-refractivity contribution >= 4 is 32.4 Å². The van der Waals surface area contributed by atoms with Gasteiger partial charge in [-0.05, 0) is 12.8 Å². The third-order valence-corrected chi connectivity index (χ3v) is 5.10. The van der Waals surface area contributed by atoms with Gasteiger partial charge >= 0.3 is 0 Å². The maximum Gasteiger partial charge on any atom is 0.225 e. The molecule has 7 heteroatoms. The average molecular weight is 246 g/mol. The van der Waals surface area contributed by atoms with Crippen LogP contribution >= 0.6 is 11.6 Å². The summed E-state index contributed by atoms with van der Waals surface area (Å²) in [5.74, 6) is 1.16. The Hall–Kier alpha value is 0.350. The first-order chi connectivity index (χ1) is 6.03. The van der Waals surface area contributed by atoms with Crippen LogP contribution in [-0.2, 0) is 20.8 Å². The maximum absolute atomic E-state index is 11.0. The predicted molar refractivity (Wildman–Crippen MR) is 53.7 cm³/mol. The van der Waals surface area contributed by atoms with Crippen LogP contribution in [0.3, 0.4) is 0 Å². The Kier molecular flexibility index (Phi) is 4.15. The van der Waals surface area contributed by atoms with Gasteiger partial charge in [0, 0.05) is 28.3 Å². The minimum absolute atomic E-state index is 0.0820. The topological polar surface area (TPSA) is 63.2 Å². The zero-order valence-corrected chi connectivity index (χ0v) is 9.42. The van der Waals surface area contributed by atoms with E-state index in [0.29, 0.717) is 24.3 Å². The highest BCUT2D eigenvalue weighted by molar-refractivity contribution is 7.90. The number of nitrogens with one attached hydrogen (secondary N) is 1. The summed E-state index contributed by atoms with van der Waals surface area (Å²) in [5, 5.41) is -0.410. The van der Waals surface area contributed by atoms with E-state index >= 15 is 0 Å². The van der Waals surface area contributed by atoms with Gasteiger partial charge in [-0.15, -0.1) is 11.6 Å². The molecule has 1 aliphatic heterocycles. The lowest BCUT2D eigenvalue weighted by Gasteiger charge is -2.21. The molecule has 0 aromatic rings. The van der Waals surface area contributed by atoms with Gasteiger partial charge in [-0.25, -0.2) is 13.1 Å². The molecule has 1 N–H and O–H groups in total. The van der Waals surface area contributed by atoms with Crippen molar-refractivity contribution in [3.8, 4) is 0 Å². The molecule has 4 nitrogen and oxygen atoms in total. The van der Waals surface area contributed by atoms with Crippen molar-refractivity contribution in [1.82, 2.24) is 4.72 Å². The summed E-state index contributed by atoms with van der Waals surface area (Å²) < 4.78 is 35.5. The van der Waals surface area contributed by atoms with Crippen molar-refractivity contribution in [3.05, 3.63) is 0 Å². The molecular formula is C6H12ClNO3S2. The number of sulfonamides is 1. The van der Waals surface area contributed by atoms with Crippen LogP contribution in [0.15, 0.2) is 0 Å². The van der Waals surface area contributed by atoms with Gasteiger partial charge in [-0.3, -0.25) is 4.21 Å². The molecule has 1 aliphatic rings. The second-order valence-corrected chi connectivity index (χ2v) is 7.00. The average Bonchev–Trinajstić information content (AvgIpc) is 2.09. The molecule has 0 aliphatic carbocycles. The Morgan fingerprint density at radius 1 is 1.38 bits per heavy atom. The molecule has 1 heterocycles. The largest absolute Gasteiger partial charge is 0.260 e. The molecule has 0 aromatic heterocycles. The lowest BCUT2D eigenvalue weighted by Crippen LogP contribution is -2.39. The second-order valence-electron chi connectivity index (χ2n) is 2.96. The van der Waals surface area contributed by atoms with Crippen molar-refractivity contribution in [2.75, 3.05) is 16.7 Å². The van der Waals surface area contributed by atoms with Gasteiger partial charge in [-0.1, -0.05) is 0 Å². The molecule has 0 saturated carbocycles. The first-order valence-corrected chi connectivity index (χ1v) is 7.62. The minimum atomic E-state index is -3.32. The Labute approximate surface area is 85.5 Å². The Balaban J connectivity index is 2.43. The summed E-state index contributed by atoms with van der Waals surface area (Å²) in [5.41, 5.74) is 0. The monoisotopic (exact) mass is 245 g/mol. The Morgan fingerprint density at radius 2 is 1.92 bits per heavy atom. The SMILES string of the molecule is O=S1CCC(NS(=O)(=O)CCl)CC1. The first-order valence-electron chi connectivity index (χ1n) is 3.94. The number of halogens is 1. The first kappa shape index (κ1) is 11.4. The van der Waals surface area contributed by atoms with E-state index in [2.05, 4.69) is 4.72 Å². The molecule has 0 aromatic carbocycles. The third kappa shape index (κ3) is 3.93. The fraction of sp³-hybridized carbons (Fsp3) is 1.00. The highest BCUT2D eigenvalue weighted by Gasteiger charge is 2.21. The zero-order valence-electron chi connectivity index (χ0n) is 7.03. The fourth-order valence-corrected chi connectivity index (χ4v) is 3.49. The summed E-state index contributed by atoms with van der Waals surface area (Å²) in [6.45, 7) is 0. The van der Waals surface area contributed by atoms with E-state index < -0.39 is 26.0 Å². The smallest absolute Gasteiger partial charge is 0.225 e. The predicted octanol–water partition coefficient (Wildman–Crippen LogP) is 0.0132. The van der Waals surface area contributed by atoms with E-state index in [0.717, 1.165) is 0 Å². The molecular weight excluding hydrogens is 234 g/mol. The maximum atomic E-state index is 11.0. The minimum Gasteiger partial charge on any atom is -0.260 e. The molecule has 0 bridgehead atoms. The fourth-order valence-electron chi connectivity index (χ4n) is 1.20. The molecule has 1 fully saturated rings. The lowest BCUT2D eigenvalue weighted by molar-refractivity contribution is 0.525. The molecule has 0 unspecified atom stereocenters. The van der Waals surface area contributed by atoms with Crippen LogP contribution in [0.2, 0.25) is 0 Å². The van der Waals surface area contributed by atoms with Crippen LogP contribution in [0.1, 0.15) is 12.8 Å². The van der Waals surface area contributed by atoms with Crippen molar-refractivity contribution < 1.29 is 12.6 Å². The van der Waals surface area contributed by atoms with Gasteiger partial charge in [0.05, 0.1) is 0 Å². The number of rotatable bonds is 3. The molecule has 1 saturated heterocycles. The van der Waals surface area contributed by atoms with Gasteiger partial charge in [-0.2, -0.15) is 0 Å². The van der Waals surface area contributed by atoms with Crippen LogP contribution in [0, 0.1) is 0 Å². The lowest BCUT2D eigenvalue weighted by atomic mass is 10.2. The summed E-state index contributed by atoms with van der Waals surface area (Å²) in [6.07, 6.45) is 1.28. The van der Waals surface area contributed by atoms with E-state index in [9.17, 15) is 12.6 Å². The highest BCUT2D eigenvalue weighted by atomic mass is 35.5. The van der Waals surface area contributed by atoms with Crippen LogP contribution in [0.4, 0.5) is 0 Å². The van der Waals surface area contributed by atoms with Crippen LogP contribution in [0.25, 0.3) is 0 Å². The molecule has 0 atom stereocenters. The van der Waals surface area contributed by atoms with E-state index in [1.54, 1.807) is 0 Å². The number of hydrogen-bond donors (Lipinski definition) is 1. The normalized spacial score (nSPS) is 30.2. The van der Waals surface area contributed by atoms with Crippen LogP contribution < -0.4 is 4.72 Å². The van der Waals surface area contributed by atoms with Crippen molar-refractivity contribution in [2.24, 2.45) is 0 Å².